The lowest BCUT2D eigenvalue weighted by Gasteiger charge is -2.22. The van der Waals surface area contributed by atoms with Gasteiger partial charge in [0, 0.05) is 12.6 Å². The van der Waals surface area contributed by atoms with Crippen LogP contribution in [-0.2, 0) is 0 Å². The Balaban J connectivity index is 2.47. The molecule has 0 bridgehead atoms. The highest BCUT2D eigenvalue weighted by Gasteiger charge is 2.23. The summed E-state index contributed by atoms with van der Waals surface area (Å²) in [5.41, 5.74) is 4.62. The van der Waals surface area contributed by atoms with Gasteiger partial charge in [0.25, 0.3) is 5.91 Å². The van der Waals surface area contributed by atoms with Gasteiger partial charge in [0.05, 0.1) is 16.9 Å². The normalized spacial score (nSPS) is 10.5. The molecule has 1 amide bonds. The van der Waals surface area contributed by atoms with Crippen LogP contribution in [0.5, 0.6) is 0 Å². The van der Waals surface area contributed by atoms with E-state index >= 15 is 0 Å². The highest BCUT2D eigenvalue weighted by Crippen LogP contribution is 2.23. The molecule has 21 heavy (non-hydrogen) atoms. The van der Waals surface area contributed by atoms with Crippen LogP contribution in [0.2, 0.25) is 0 Å². The lowest BCUT2D eigenvalue weighted by Crippen LogP contribution is -2.32. The second kappa shape index (κ2) is 5.87. The molecule has 0 radical (unpaired) electrons. The Bertz CT molecular complexity index is 689. The third kappa shape index (κ3) is 2.84. The molecule has 2 rings (SSSR count). The van der Waals surface area contributed by atoms with Crippen LogP contribution in [0.3, 0.4) is 0 Å². The minimum absolute atomic E-state index is 0.0206. The number of benzene rings is 2. The van der Waals surface area contributed by atoms with E-state index in [1.807, 2.05) is 0 Å². The molecule has 0 aliphatic carbocycles. The van der Waals surface area contributed by atoms with E-state index in [0.717, 1.165) is 11.0 Å². The van der Waals surface area contributed by atoms with Crippen LogP contribution >= 0.6 is 0 Å². The molecule has 110 valence electrons. The molecule has 3 nitrogen and oxygen atoms in total. The number of nitrogen functional groups attached to an aromatic ring is 1. The van der Waals surface area contributed by atoms with E-state index in [0.29, 0.717) is 6.07 Å². The lowest BCUT2D eigenvalue weighted by atomic mass is 10.1. The monoisotopic (exact) mass is 294 g/mol. The van der Waals surface area contributed by atoms with E-state index in [-0.39, 0.29) is 17.9 Å². The Hall–Kier alpha value is -2.50. The Morgan fingerprint density at radius 2 is 1.76 bits per heavy atom. The zero-order valence-electron chi connectivity index (χ0n) is 11.2. The third-order valence-electron chi connectivity index (χ3n) is 3.02. The first kappa shape index (κ1) is 14.9. The standard InChI is InChI=1S/C15H13F3N2O/c1-2-20(14-6-4-3-5-10(14)16)15(21)9-7-13(19)12(18)8-11(9)17/h3-8H,2,19H2,1H3. The maximum absolute atomic E-state index is 13.8. The van der Waals surface area contributed by atoms with Crippen molar-refractivity contribution in [1.29, 1.82) is 0 Å². The van der Waals surface area contributed by atoms with Crippen molar-refractivity contribution in [1.82, 2.24) is 0 Å². The summed E-state index contributed by atoms with van der Waals surface area (Å²) >= 11 is 0. The van der Waals surface area contributed by atoms with Gasteiger partial charge in [-0.05, 0) is 25.1 Å². The molecule has 0 spiro atoms. The number of nitrogens with two attached hydrogens (primary N) is 1. The van der Waals surface area contributed by atoms with E-state index < -0.39 is 28.9 Å². The van der Waals surface area contributed by atoms with Crippen molar-refractivity contribution in [2.45, 2.75) is 6.92 Å². The van der Waals surface area contributed by atoms with Gasteiger partial charge in [-0.25, -0.2) is 13.2 Å². The van der Waals surface area contributed by atoms with Crippen molar-refractivity contribution in [3.63, 3.8) is 0 Å². The highest BCUT2D eigenvalue weighted by molar-refractivity contribution is 6.06. The number of rotatable bonds is 3. The van der Waals surface area contributed by atoms with Crippen LogP contribution in [0.4, 0.5) is 24.5 Å². The fourth-order valence-electron chi connectivity index (χ4n) is 1.97. The van der Waals surface area contributed by atoms with Gasteiger partial charge < -0.3 is 10.6 Å². The fraction of sp³-hybridized carbons (Fsp3) is 0.133. The van der Waals surface area contributed by atoms with E-state index in [2.05, 4.69) is 0 Å². The van der Waals surface area contributed by atoms with Gasteiger partial charge in [-0.1, -0.05) is 12.1 Å². The molecule has 2 aromatic rings. The van der Waals surface area contributed by atoms with Crippen LogP contribution in [-0.4, -0.2) is 12.5 Å². The van der Waals surface area contributed by atoms with Gasteiger partial charge in [-0.2, -0.15) is 0 Å². The number of carbonyl (C=O) groups is 1. The fourth-order valence-corrected chi connectivity index (χ4v) is 1.97. The molecule has 6 heteroatoms. The predicted octanol–water partition coefficient (Wildman–Crippen LogP) is 3.35. The zero-order valence-corrected chi connectivity index (χ0v) is 11.2. The smallest absolute Gasteiger partial charge is 0.261 e. The SMILES string of the molecule is CCN(C(=O)c1cc(N)c(F)cc1F)c1ccccc1F. The number of amides is 1. The summed E-state index contributed by atoms with van der Waals surface area (Å²) in [7, 11) is 0. The summed E-state index contributed by atoms with van der Waals surface area (Å²) < 4.78 is 40.7. The summed E-state index contributed by atoms with van der Waals surface area (Å²) in [5.74, 6) is -3.38. The lowest BCUT2D eigenvalue weighted by molar-refractivity contribution is 0.0983. The number of para-hydroxylation sites is 1. The average Bonchev–Trinajstić information content (AvgIpc) is 2.45. The molecule has 0 aliphatic rings. The van der Waals surface area contributed by atoms with E-state index in [4.69, 9.17) is 5.73 Å². The first-order chi connectivity index (χ1) is 9.95. The maximum atomic E-state index is 13.8. The molecule has 0 saturated carbocycles. The molecule has 0 saturated heterocycles. The predicted molar refractivity (Wildman–Crippen MR) is 74.5 cm³/mol. The summed E-state index contributed by atoms with van der Waals surface area (Å²) in [5, 5.41) is 0. The van der Waals surface area contributed by atoms with Crippen LogP contribution < -0.4 is 10.6 Å². The van der Waals surface area contributed by atoms with Gasteiger partial charge in [-0.3, -0.25) is 4.79 Å². The molecule has 2 N–H and O–H groups in total. The van der Waals surface area contributed by atoms with Crippen molar-refractivity contribution < 1.29 is 18.0 Å². The van der Waals surface area contributed by atoms with Crippen molar-refractivity contribution in [3.05, 3.63) is 59.4 Å². The minimum atomic E-state index is -1.04. The second-order valence-corrected chi connectivity index (χ2v) is 4.35. The Morgan fingerprint density at radius 3 is 2.38 bits per heavy atom. The Morgan fingerprint density at radius 1 is 1.10 bits per heavy atom. The molecule has 0 unspecified atom stereocenters. The van der Waals surface area contributed by atoms with Gasteiger partial charge >= 0.3 is 0 Å². The molecule has 2 aromatic carbocycles. The molecule has 0 aromatic heterocycles. The first-order valence-electron chi connectivity index (χ1n) is 6.26. The Kier molecular flexibility index (Phi) is 4.16. The van der Waals surface area contributed by atoms with Gasteiger partial charge in [-0.15, -0.1) is 0 Å². The number of hydrogen-bond donors (Lipinski definition) is 1. The third-order valence-corrected chi connectivity index (χ3v) is 3.02. The number of anilines is 2. The molecule has 0 atom stereocenters. The quantitative estimate of drug-likeness (QED) is 0.882. The topological polar surface area (TPSA) is 46.3 Å². The van der Waals surface area contributed by atoms with Gasteiger partial charge in [0.1, 0.15) is 17.5 Å². The first-order valence-corrected chi connectivity index (χ1v) is 6.26. The summed E-state index contributed by atoms with van der Waals surface area (Å²) in [4.78, 5) is 13.4. The van der Waals surface area contributed by atoms with E-state index in [1.54, 1.807) is 13.0 Å². The van der Waals surface area contributed by atoms with Gasteiger partial charge in [0.15, 0.2) is 0 Å². The number of halogens is 3. The molecule has 0 heterocycles. The van der Waals surface area contributed by atoms with Crippen molar-refractivity contribution in [2.75, 3.05) is 17.2 Å². The number of nitrogens with zero attached hydrogens (tertiary/aromatic N) is 1. The summed E-state index contributed by atoms with van der Waals surface area (Å²) in [6.45, 7) is 1.74. The molecular weight excluding hydrogens is 281 g/mol. The number of hydrogen-bond acceptors (Lipinski definition) is 2. The molecular formula is C15H13F3N2O. The maximum Gasteiger partial charge on any atom is 0.261 e. The summed E-state index contributed by atoms with van der Waals surface area (Å²) in [6.07, 6.45) is 0. The highest BCUT2D eigenvalue weighted by atomic mass is 19.1. The van der Waals surface area contributed by atoms with E-state index in [1.165, 1.54) is 18.2 Å². The molecule has 0 fully saturated rings. The largest absolute Gasteiger partial charge is 0.396 e. The van der Waals surface area contributed by atoms with Gasteiger partial charge in [0.2, 0.25) is 0 Å². The van der Waals surface area contributed by atoms with Crippen LogP contribution in [0.25, 0.3) is 0 Å². The van der Waals surface area contributed by atoms with Crippen LogP contribution in [0.1, 0.15) is 17.3 Å². The molecule has 0 aliphatic heterocycles. The summed E-state index contributed by atoms with van der Waals surface area (Å²) in [6, 6.07) is 7.09. The van der Waals surface area contributed by atoms with E-state index in [9.17, 15) is 18.0 Å². The zero-order chi connectivity index (χ0) is 15.6. The average molecular weight is 294 g/mol. The van der Waals surface area contributed by atoms with Crippen molar-refractivity contribution in [3.8, 4) is 0 Å². The van der Waals surface area contributed by atoms with Crippen molar-refractivity contribution in [2.24, 2.45) is 0 Å². The van der Waals surface area contributed by atoms with Crippen LogP contribution in [0, 0.1) is 17.5 Å². The Labute approximate surface area is 119 Å². The number of carbonyl (C=O) groups excluding carboxylic acids is 1. The van der Waals surface area contributed by atoms with Crippen LogP contribution in [0.15, 0.2) is 36.4 Å². The second-order valence-electron chi connectivity index (χ2n) is 4.35. The van der Waals surface area contributed by atoms with Crippen molar-refractivity contribution >= 4 is 17.3 Å². The minimum Gasteiger partial charge on any atom is -0.396 e.